The van der Waals surface area contributed by atoms with Crippen molar-refractivity contribution in [1.82, 2.24) is 14.5 Å². The van der Waals surface area contributed by atoms with Crippen LogP contribution in [0.4, 0.5) is 0 Å². The number of nitrogens with one attached hydrogen (secondary N) is 1. The molecule has 146 valence electrons. The van der Waals surface area contributed by atoms with Gasteiger partial charge in [-0.2, -0.15) is 4.31 Å². The summed E-state index contributed by atoms with van der Waals surface area (Å²) < 4.78 is 28.7. The van der Waals surface area contributed by atoms with Crippen molar-refractivity contribution in [3.8, 4) is 0 Å². The molecular weight excluding hydrogens is 346 g/mol. The molecule has 2 aliphatic heterocycles. The molecule has 0 aromatic heterocycles. The summed E-state index contributed by atoms with van der Waals surface area (Å²) in [5.74, 6) is 0. The fourth-order valence-corrected chi connectivity index (χ4v) is 5.82. The van der Waals surface area contributed by atoms with Crippen LogP contribution >= 0.6 is 0 Å². The van der Waals surface area contributed by atoms with E-state index in [2.05, 4.69) is 17.1 Å². The second-order valence-corrected chi connectivity index (χ2v) is 9.39. The SMILES string of the molecule is CCc1cccc(S(=O)(=O)N(CCN2CCCCC2)C2CCNCC2)c1. The lowest BCUT2D eigenvalue weighted by Gasteiger charge is -2.36. The normalized spacial score (nSPS) is 20.5. The molecular formula is C20H33N3O2S. The van der Waals surface area contributed by atoms with Crippen LogP contribution in [-0.2, 0) is 16.4 Å². The van der Waals surface area contributed by atoms with E-state index in [1.807, 2.05) is 18.2 Å². The van der Waals surface area contributed by atoms with Crippen LogP contribution in [0.3, 0.4) is 0 Å². The maximum atomic E-state index is 13.5. The second-order valence-electron chi connectivity index (χ2n) is 7.50. The zero-order valence-corrected chi connectivity index (χ0v) is 16.8. The molecule has 0 amide bonds. The van der Waals surface area contributed by atoms with Crippen LogP contribution in [0, 0.1) is 0 Å². The van der Waals surface area contributed by atoms with Crippen molar-refractivity contribution < 1.29 is 8.42 Å². The predicted molar refractivity (Wildman–Crippen MR) is 106 cm³/mol. The monoisotopic (exact) mass is 379 g/mol. The van der Waals surface area contributed by atoms with Gasteiger partial charge in [0.2, 0.25) is 10.0 Å². The third-order valence-electron chi connectivity index (χ3n) is 5.71. The van der Waals surface area contributed by atoms with Crippen molar-refractivity contribution in [1.29, 1.82) is 0 Å². The Hall–Kier alpha value is -0.950. The van der Waals surface area contributed by atoms with Gasteiger partial charge in [-0.05, 0) is 76.0 Å². The van der Waals surface area contributed by atoms with Gasteiger partial charge in [0.15, 0.2) is 0 Å². The van der Waals surface area contributed by atoms with Crippen LogP contribution in [0.2, 0.25) is 0 Å². The molecule has 1 aromatic rings. The Bertz CT molecular complexity index is 665. The van der Waals surface area contributed by atoms with Gasteiger partial charge in [0.25, 0.3) is 0 Å². The summed E-state index contributed by atoms with van der Waals surface area (Å²) >= 11 is 0. The molecule has 2 heterocycles. The number of hydrogen-bond donors (Lipinski definition) is 1. The summed E-state index contributed by atoms with van der Waals surface area (Å²) in [7, 11) is -3.46. The maximum Gasteiger partial charge on any atom is 0.243 e. The van der Waals surface area contributed by atoms with E-state index in [-0.39, 0.29) is 6.04 Å². The zero-order chi connectivity index (χ0) is 18.4. The average Bonchev–Trinajstić information content (AvgIpc) is 2.69. The summed E-state index contributed by atoms with van der Waals surface area (Å²) in [5, 5.41) is 3.35. The van der Waals surface area contributed by atoms with Crippen molar-refractivity contribution in [3.05, 3.63) is 29.8 Å². The Morgan fingerprint density at radius 1 is 1.15 bits per heavy atom. The third-order valence-corrected chi connectivity index (χ3v) is 7.66. The van der Waals surface area contributed by atoms with E-state index in [1.54, 1.807) is 10.4 Å². The van der Waals surface area contributed by atoms with E-state index in [0.29, 0.717) is 11.4 Å². The highest BCUT2D eigenvalue weighted by atomic mass is 32.2. The molecule has 5 nitrogen and oxygen atoms in total. The summed E-state index contributed by atoms with van der Waals surface area (Å²) in [6, 6.07) is 7.59. The molecule has 2 fully saturated rings. The van der Waals surface area contributed by atoms with Crippen LogP contribution in [0.25, 0.3) is 0 Å². The summed E-state index contributed by atoms with van der Waals surface area (Å²) in [4.78, 5) is 2.88. The highest BCUT2D eigenvalue weighted by Crippen LogP contribution is 2.24. The molecule has 0 atom stereocenters. The fourth-order valence-electron chi connectivity index (χ4n) is 4.08. The standard InChI is InChI=1S/C20H33N3O2S/c1-2-18-7-6-8-20(17-18)26(24,25)23(19-9-11-21-12-10-19)16-15-22-13-4-3-5-14-22/h6-8,17,19,21H,2-5,9-16H2,1H3. The van der Waals surface area contributed by atoms with Crippen molar-refractivity contribution >= 4 is 10.0 Å². The van der Waals surface area contributed by atoms with Crippen molar-refractivity contribution in [3.63, 3.8) is 0 Å². The Morgan fingerprint density at radius 3 is 2.58 bits per heavy atom. The minimum Gasteiger partial charge on any atom is -0.317 e. The van der Waals surface area contributed by atoms with Crippen molar-refractivity contribution in [2.75, 3.05) is 39.3 Å². The molecule has 3 rings (SSSR count). The largest absolute Gasteiger partial charge is 0.317 e. The molecule has 0 radical (unpaired) electrons. The molecule has 0 unspecified atom stereocenters. The number of nitrogens with zero attached hydrogens (tertiary/aromatic N) is 2. The number of rotatable bonds is 7. The average molecular weight is 380 g/mol. The second kappa shape index (κ2) is 9.31. The highest BCUT2D eigenvalue weighted by Gasteiger charge is 2.32. The van der Waals surface area contributed by atoms with Gasteiger partial charge in [-0.3, -0.25) is 0 Å². The van der Waals surface area contributed by atoms with Crippen molar-refractivity contribution in [2.24, 2.45) is 0 Å². The summed E-state index contributed by atoms with van der Waals surface area (Å²) in [6.07, 6.45) is 6.41. The molecule has 2 aliphatic rings. The first kappa shape index (κ1) is 19.8. The zero-order valence-electron chi connectivity index (χ0n) is 16.0. The number of aryl methyl sites for hydroxylation is 1. The molecule has 0 saturated carbocycles. The molecule has 1 N–H and O–H groups in total. The summed E-state index contributed by atoms with van der Waals surface area (Å²) in [5.41, 5.74) is 1.08. The van der Waals surface area contributed by atoms with Crippen molar-refractivity contribution in [2.45, 2.75) is 56.4 Å². The minimum absolute atomic E-state index is 0.108. The highest BCUT2D eigenvalue weighted by molar-refractivity contribution is 7.89. The van der Waals surface area contributed by atoms with E-state index in [1.165, 1.54) is 19.3 Å². The quantitative estimate of drug-likeness (QED) is 0.791. The lowest BCUT2D eigenvalue weighted by atomic mass is 10.1. The lowest BCUT2D eigenvalue weighted by molar-refractivity contribution is 0.188. The van der Waals surface area contributed by atoms with Gasteiger partial charge < -0.3 is 10.2 Å². The van der Waals surface area contributed by atoms with E-state index in [0.717, 1.165) is 57.5 Å². The third kappa shape index (κ3) is 4.85. The van der Waals surface area contributed by atoms with Gasteiger partial charge in [0, 0.05) is 19.1 Å². The maximum absolute atomic E-state index is 13.5. The van der Waals surface area contributed by atoms with E-state index >= 15 is 0 Å². The van der Waals surface area contributed by atoms with Gasteiger partial charge >= 0.3 is 0 Å². The van der Waals surface area contributed by atoms with Crippen LogP contribution in [-0.4, -0.2) is 62.9 Å². The van der Waals surface area contributed by atoms with Crippen LogP contribution in [0.1, 0.15) is 44.6 Å². The number of hydrogen-bond acceptors (Lipinski definition) is 4. The first-order valence-electron chi connectivity index (χ1n) is 10.1. The number of benzene rings is 1. The molecule has 0 aliphatic carbocycles. The van der Waals surface area contributed by atoms with Crippen LogP contribution < -0.4 is 5.32 Å². The Balaban J connectivity index is 1.80. The van der Waals surface area contributed by atoms with Crippen LogP contribution in [0.15, 0.2) is 29.2 Å². The Kier molecular flexibility index (Phi) is 7.09. The van der Waals surface area contributed by atoms with E-state index < -0.39 is 10.0 Å². The van der Waals surface area contributed by atoms with E-state index in [4.69, 9.17) is 0 Å². The molecule has 0 spiro atoms. The topological polar surface area (TPSA) is 52.7 Å². The van der Waals surface area contributed by atoms with E-state index in [9.17, 15) is 8.42 Å². The summed E-state index contributed by atoms with van der Waals surface area (Å²) in [6.45, 7) is 7.51. The van der Waals surface area contributed by atoms with Gasteiger partial charge in [-0.1, -0.05) is 25.5 Å². The smallest absolute Gasteiger partial charge is 0.243 e. The van der Waals surface area contributed by atoms with Gasteiger partial charge in [0.1, 0.15) is 0 Å². The molecule has 2 saturated heterocycles. The number of sulfonamides is 1. The first-order chi connectivity index (χ1) is 12.6. The predicted octanol–water partition coefficient (Wildman–Crippen LogP) is 2.48. The molecule has 1 aromatic carbocycles. The van der Waals surface area contributed by atoms with Gasteiger partial charge in [-0.15, -0.1) is 0 Å². The molecule has 6 heteroatoms. The fraction of sp³-hybridized carbons (Fsp3) is 0.700. The minimum atomic E-state index is -3.46. The number of likely N-dealkylation sites (tertiary alicyclic amines) is 1. The Morgan fingerprint density at radius 2 is 1.88 bits per heavy atom. The Labute approximate surface area is 158 Å². The molecule has 0 bridgehead atoms. The lowest BCUT2D eigenvalue weighted by Crippen LogP contribution is -2.49. The van der Waals surface area contributed by atoms with Gasteiger partial charge in [-0.25, -0.2) is 8.42 Å². The molecule has 26 heavy (non-hydrogen) atoms. The number of piperidine rings is 2. The van der Waals surface area contributed by atoms with Crippen LogP contribution in [0.5, 0.6) is 0 Å². The van der Waals surface area contributed by atoms with Gasteiger partial charge in [0.05, 0.1) is 4.90 Å². The first-order valence-corrected chi connectivity index (χ1v) is 11.6.